The quantitative estimate of drug-likeness (QED) is 0.0611. The molecule has 0 N–H and O–H groups in total. The molecule has 4 rings (SSSR count). The molecule has 0 heterocycles. The molecule has 0 amide bonds. The third kappa shape index (κ3) is 22.6. The van der Waals surface area contributed by atoms with Crippen LogP contribution in [0.3, 0.4) is 0 Å². The van der Waals surface area contributed by atoms with Crippen LogP contribution in [0.25, 0.3) is 0 Å². The van der Waals surface area contributed by atoms with Gasteiger partial charge < -0.3 is 46.8 Å². The maximum atomic E-state index is 13.0. The fraction of sp³-hybridized carbons (Fsp3) is 0.647. The molecular weight excluding hydrogens is 1110 g/mol. The van der Waals surface area contributed by atoms with Crippen molar-refractivity contribution >= 4 is 53.4 Å². The van der Waals surface area contributed by atoms with E-state index in [-0.39, 0.29) is 107 Å². The van der Waals surface area contributed by atoms with Crippen LogP contribution in [-0.4, -0.2) is 64.2 Å². The summed E-state index contributed by atoms with van der Waals surface area (Å²) in [5, 5.41) is 0. The van der Waals surface area contributed by atoms with Crippen molar-refractivity contribution in [2.45, 2.75) is 264 Å². The van der Waals surface area contributed by atoms with E-state index < -0.39 is 15.6 Å². The van der Waals surface area contributed by atoms with Crippen LogP contribution in [-0.2, 0) is 97.0 Å². The molecule has 15 heteroatoms. The summed E-state index contributed by atoms with van der Waals surface area (Å²) < 4.78 is 72.2. The van der Waals surface area contributed by atoms with Gasteiger partial charge in [-0.05, 0) is 142 Å². The maximum Gasteiger partial charge on any atom is 2.00 e. The van der Waals surface area contributed by atoms with Crippen molar-refractivity contribution in [2.24, 2.45) is 0 Å². The Balaban J connectivity index is 0.000000560. The van der Waals surface area contributed by atoms with E-state index in [0.29, 0.717) is 26.4 Å². The number of phosphoric ester groups is 2. The number of hydrogen-bond donors (Lipinski definition) is 0. The molecule has 0 aliphatic heterocycles. The Morgan fingerprint density at radius 3 is 0.506 bits per heavy atom. The topological polar surface area (TPSA) is 154 Å². The number of ether oxygens (including phenoxy) is 4. The summed E-state index contributed by atoms with van der Waals surface area (Å²) in [7, 11) is -9.22. The minimum absolute atomic E-state index is 0. The summed E-state index contributed by atoms with van der Waals surface area (Å²) in [6.07, 6.45) is 0. The monoisotopic (exact) mass is 1220 g/mol. The van der Waals surface area contributed by atoms with Crippen LogP contribution in [0.2, 0.25) is 0 Å². The standard InChI is InChI=1S/2C34H55O6P.Ca/c2*1-15-37-29-25(31(3,4)5)17-23(18-26(29)32(6,7)8)21-39-41(35,36)40-22-24-19-27(33(9,10)11)30(38-16-2)28(20-24)34(12,13)14;/h2*17-20H,15-16,21-22H2,1-14H3,(H,35,36);/q;;+2/p-2. The van der Waals surface area contributed by atoms with Crippen LogP contribution in [0.4, 0.5) is 0 Å². The Morgan fingerprint density at radius 1 is 0.289 bits per heavy atom. The van der Waals surface area contributed by atoms with Crippen LogP contribution in [0.1, 0.15) is 261 Å². The van der Waals surface area contributed by atoms with Gasteiger partial charge >= 0.3 is 37.7 Å². The van der Waals surface area contributed by atoms with Gasteiger partial charge in [0, 0.05) is 44.5 Å². The molecule has 0 spiro atoms. The predicted molar refractivity (Wildman–Crippen MR) is 340 cm³/mol. The predicted octanol–water partition coefficient (Wildman–Crippen LogP) is 17.4. The van der Waals surface area contributed by atoms with Gasteiger partial charge in [0.25, 0.3) is 15.6 Å². The average Bonchev–Trinajstić information content (AvgIpc) is 3.30. The van der Waals surface area contributed by atoms with Gasteiger partial charge in [0.1, 0.15) is 23.0 Å². The van der Waals surface area contributed by atoms with Gasteiger partial charge in [0.05, 0.1) is 52.9 Å². The van der Waals surface area contributed by atoms with Crippen molar-refractivity contribution in [3.63, 3.8) is 0 Å². The molecule has 12 nitrogen and oxygen atoms in total. The molecule has 0 aliphatic rings. The molecule has 0 radical (unpaired) electrons. The molecule has 0 bridgehead atoms. The summed E-state index contributed by atoms with van der Waals surface area (Å²) in [4.78, 5) is 26.0. The van der Waals surface area contributed by atoms with Crippen LogP contribution in [0.5, 0.6) is 23.0 Å². The van der Waals surface area contributed by atoms with Gasteiger partial charge in [-0.25, -0.2) is 0 Å². The zero-order valence-corrected chi connectivity index (χ0v) is 60.8. The fourth-order valence-electron chi connectivity index (χ4n) is 9.43. The number of benzene rings is 4. The summed E-state index contributed by atoms with van der Waals surface area (Å²) in [5.74, 6) is 3.44. The van der Waals surface area contributed by atoms with E-state index in [4.69, 9.17) is 37.0 Å². The van der Waals surface area contributed by atoms with E-state index in [1.807, 2.05) is 76.2 Å². The molecule has 4 aromatic carbocycles. The SMILES string of the molecule is CCOc1c(C(C)(C)C)cc(COP(=O)([O-])OCc2cc(C(C)(C)C)c(OCC)c(C(C)(C)C)c2)cc1C(C)(C)C.CCOc1c(C(C)(C)C)cc(COP(=O)([O-])OCc2cc(C(C)(C)C)c(OCC)c(C(C)(C)C)c2)cc1C(C)(C)C.[Ca+2]. The number of rotatable bonds is 20. The number of phosphoric acid groups is 2. The molecule has 83 heavy (non-hydrogen) atoms. The van der Waals surface area contributed by atoms with E-state index in [0.717, 1.165) is 89.8 Å². The second-order valence-corrected chi connectivity index (χ2v) is 32.6. The minimum Gasteiger partial charge on any atom is -0.756 e. The average molecular weight is 1220 g/mol. The van der Waals surface area contributed by atoms with Gasteiger partial charge in [-0.3, -0.25) is 9.13 Å². The minimum atomic E-state index is -4.61. The van der Waals surface area contributed by atoms with Crippen LogP contribution >= 0.6 is 15.6 Å². The second-order valence-electron chi connectivity index (χ2n) is 29.8. The second kappa shape index (κ2) is 29.3. The van der Waals surface area contributed by atoms with Gasteiger partial charge in [-0.15, -0.1) is 0 Å². The van der Waals surface area contributed by atoms with Crippen LogP contribution in [0, 0.1) is 0 Å². The fourth-order valence-corrected chi connectivity index (χ4v) is 10.8. The van der Waals surface area contributed by atoms with E-state index >= 15 is 0 Å². The summed E-state index contributed by atoms with van der Waals surface area (Å²) in [6.45, 7) is 60.5. The zero-order chi connectivity index (χ0) is 63.2. The van der Waals surface area contributed by atoms with Crippen LogP contribution in [0.15, 0.2) is 48.5 Å². The smallest absolute Gasteiger partial charge is 0.756 e. The molecule has 0 fully saturated rings. The molecule has 0 aliphatic carbocycles. The molecule has 0 unspecified atom stereocenters. The first-order valence-corrected chi connectivity index (χ1v) is 32.4. The summed E-state index contributed by atoms with van der Waals surface area (Å²) in [6, 6.07) is 15.9. The normalized spacial score (nSPS) is 13.3. The Hall–Kier alpha value is -2.44. The van der Waals surface area contributed by atoms with Gasteiger partial charge in [0.2, 0.25) is 0 Å². The van der Waals surface area contributed by atoms with Crippen molar-refractivity contribution in [3.05, 3.63) is 115 Å². The van der Waals surface area contributed by atoms with Crippen LogP contribution < -0.4 is 28.7 Å². The zero-order valence-electron chi connectivity index (χ0n) is 56.8. The van der Waals surface area contributed by atoms with Gasteiger partial charge in [-0.2, -0.15) is 0 Å². The van der Waals surface area contributed by atoms with Crippen molar-refractivity contribution < 1.29 is 56.0 Å². The molecule has 0 saturated heterocycles. The van der Waals surface area contributed by atoms with E-state index in [1.165, 1.54) is 0 Å². The first-order chi connectivity index (χ1) is 37.0. The largest absolute Gasteiger partial charge is 2.00 e. The molecule has 0 atom stereocenters. The molecule has 464 valence electrons. The Bertz CT molecular complexity index is 2350. The van der Waals surface area contributed by atoms with E-state index in [9.17, 15) is 18.9 Å². The third-order valence-corrected chi connectivity index (χ3v) is 15.6. The van der Waals surface area contributed by atoms with E-state index in [2.05, 4.69) is 166 Å². The molecule has 4 aromatic rings. The Labute approximate surface area is 533 Å². The Kier molecular flexibility index (Phi) is 27.0. The Morgan fingerprint density at radius 2 is 0.410 bits per heavy atom. The summed E-state index contributed by atoms with van der Waals surface area (Å²) >= 11 is 0. The van der Waals surface area contributed by atoms with E-state index in [1.54, 1.807) is 0 Å². The third-order valence-electron chi connectivity index (χ3n) is 13.8. The molecule has 0 saturated carbocycles. The van der Waals surface area contributed by atoms with Gasteiger partial charge in [-0.1, -0.05) is 166 Å². The first kappa shape index (κ1) is 76.7. The first-order valence-electron chi connectivity index (χ1n) is 29.4. The molecular formula is C68H108CaO12P2. The maximum absolute atomic E-state index is 13.0. The van der Waals surface area contributed by atoms with Gasteiger partial charge in [0.15, 0.2) is 0 Å². The molecule has 0 aromatic heterocycles. The number of hydrogen-bond acceptors (Lipinski definition) is 12. The van der Waals surface area contributed by atoms with Crippen molar-refractivity contribution in [3.8, 4) is 23.0 Å². The van der Waals surface area contributed by atoms with Crippen molar-refractivity contribution in [2.75, 3.05) is 26.4 Å². The van der Waals surface area contributed by atoms with Crippen molar-refractivity contribution in [1.82, 2.24) is 0 Å². The van der Waals surface area contributed by atoms with Crippen molar-refractivity contribution in [1.29, 1.82) is 0 Å². The summed E-state index contributed by atoms with van der Waals surface area (Å²) in [5.41, 5.74) is 9.53.